The minimum absolute atomic E-state index is 0.0534. The first-order valence-corrected chi connectivity index (χ1v) is 47.2. The molecule has 0 radical (unpaired) electrons. The van der Waals surface area contributed by atoms with E-state index in [0.717, 1.165) is 43.1 Å². The largest absolute Gasteiger partial charge is 0.340 e. The molecule has 11 aliphatic rings. The smallest absolute Gasteiger partial charge is 0.293 e. The lowest BCUT2D eigenvalue weighted by Gasteiger charge is -2.43. The third kappa shape index (κ3) is 16.9. The Morgan fingerprint density at radius 3 is 1.39 bits per heavy atom. The Bertz CT molecular complexity index is 7070. The number of aryl methyl sites for hydroxylation is 2. The zero-order chi connectivity index (χ0) is 97.7. The summed E-state index contributed by atoms with van der Waals surface area (Å²) in [6.45, 7) is 13.2. The van der Waals surface area contributed by atoms with Crippen molar-refractivity contribution in [2.75, 3.05) is 21.3 Å². The number of aromatic amines is 1. The van der Waals surface area contributed by atoms with Crippen molar-refractivity contribution in [2.45, 2.75) is 223 Å². The number of ketones is 4. The van der Waals surface area contributed by atoms with Gasteiger partial charge >= 0.3 is 0 Å². The molecule has 4 aliphatic heterocycles. The van der Waals surface area contributed by atoms with Crippen LogP contribution in [0.3, 0.4) is 0 Å². The fraction of sp³-hybridized carbons (Fsp3) is 0.396. The quantitative estimate of drug-likeness (QED) is 0.0111. The summed E-state index contributed by atoms with van der Waals surface area (Å²) in [6.07, 6.45) is 15.2. The van der Waals surface area contributed by atoms with Crippen LogP contribution in [0, 0.1) is 83.3 Å². The molecule has 2 aromatic carbocycles. The van der Waals surface area contributed by atoms with Gasteiger partial charge in [0.25, 0.3) is 76.3 Å². The number of nitrogens with one attached hydrogen (secondary N) is 9. The van der Waals surface area contributed by atoms with Gasteiger partial charge in [0.2, 0.25) is 0 Å². The highest BCUT2D eigenvalue weighted by Gasteiger charge is 2.60. The van der Waals surface area contributed by atoms with Gasteiger partial charge in [0.1, 0.15) is 78.9 Å². The van der Waals surface area contributed by atoms with Crippen molar-refractivity contribution in [3.05, 3.63) is 229 Å². The van der Waals surface area contributed by atoms with E-state index >= 15 is 0 Å². The van der Waals surface area contributed by atoms with Gasteiger partial charge in [0.05, 0.1) is 56.4 Å². The van der Waals surface area contributed by atoms with Crippen LogP contribution in [0.5, 0.6) is 0 Å². The molecule has 8 atom stereocenters. The molecule has 7 fully saturated rings. The molecule has 2 unspecified atom stereocenters. The molecule has 13 heterocycles. The first-order chi connectivity index (χ1) is 65.8. The molecule has 22 rings (SSSR count). The highest BCUT2D eigenvalue weighted by molar-refractivity contribution is 7.09. The number of terminal acetylenes is 1. The van der Waals surface area contributed by atoms with Crippen LogP contribution >= 0.6 is 34.3 Å². The molecule has 8 amide bonds. The van der Waals surface area contributed by atoms with E-state index in [9.17, 15) is 83.9 Å². The number of pyridine rings is 2. The van der Waals surface area contributed by atoms with Crippen molar-refractivity contribution in [2.24, 2.45) is 17.8 Å². The molecule has 9 aromatic heterocycles. The molecule has 0 saturated heterocycles. The number of hydrogen-bond donors (Lipinski definition) is 9. The van der Waals surface area contributed by atoms with Crippen LogP contribution in [0.25, 0.3) is 0 Å². The number of alkyl halides is 4. The average molecular weight is 1940 g/mol. The van der Waals surface area contributed by atoms with E-state index in [-0.39, 0.29) is 52.0 Å². The maximum absolute atomic E-state index is 14.7. The van der Waals surface area contributed by atoms with Crippen LogP contribution in [0.15, 0.2) is 84.2 Å². The number of anilines is 4. The summed E-state index contributed by atoms with van der Waals surface area (Å²) in [5.74, 6) is -9.09. The molecular weight excluding hydrogens is 1850 g/mol. The second-order valence-electron chi connectivity index (χ2n) is 37.5. The van der Waals surface area contributed by atoms with E-state index in [0.29, 0.717) is 194 Å². The monoisotopic (exact) mass is 1940 g/mol. The number of rotatable bonds is 25. The van der Waals surface area contributed by atoms with E-state index in [4.69, 9.17) is 18.0 Å². The fourth-order valence-electron chi connectivity index (χ4n) is 20.2. The molecule has 7 aliphatic carbocycles. The highest BCUT2D eigenvalue weighted by Crippen LogP contribution is 2.58. The maximum Gasteiger partial charge on any atom is 0.293 e. The molecule has 11 aromatic rings. The molecule has 7 saturated carbocycles. The Morgan fingerprint density at radius 1 is 0.529 bits per heavy atom. The van der Waals surface area contributed by atoms with Crippen molar-refractivity contribution in [3.8, 4) is 12.3 Å². The summed E-state index contributed by atoms with van der Waals surface area (Å²) < 4.78 is 90.2. The van der Waals surface area contributed by atoms with Crippen LogP contribution in [0.4, 0.5) is 49.1 Å². The summed E-state index contributed by atoms with van der Waals surface area (Å²) in [5, 5.41) is 49.8. The lowest BCUT2D eigenvalue weighted by molar-refractivity contribution is -0.133. The Balaban J connectivity index is 0.000000118. The number of amides is 8. The summed E-state index contributed by atoms with van der Waals surface area (Å²) in [7, 11) is 0. The van der Waals surface area contributed by atoms with Crippen molar-refractivity contribution < 1.29 is 83.9 Å². The third-order valence-corrected chi connectivity index (χ3v) is 30.2. The maximum atomic E-state index is 14.7. The van der Waals surface area contributed by atoms with Gasteiger partial charge in [-0.15, -0.1) is 49.5 Å². The SMILES string of the molecule is C#CC1(NC(=O)C(=O)c2c(C)c(C(=O)Nc3ccc(C)c(Cl)c3)n3c2CCC3)CC(F)(F)C1.Cc1c(C(=O)C(=O)NC2(c3cn[nH]n3)CC2)c2n(c1C(=O)Nc1ccnc(C(C)F)c1F)[C@@H]1C[C@@H]1C2.Cc1c(C(=O)C(=O)NC2(c3nncs3)CC2)c2n(c1C(=O)Nc1ccnc(C(C)F)c1)[C@@H]1C[C@@H]1C2.Cc1ccc(NC(=O)c2c(C)c(C(=O)C(=O)NC3(c4nncs4)CC3)c3n2[C@@H]2C[C@@H]2C3)cc1F. The normalized spacial score (nSPS) is 20.4. The first kappa shape index (κ1) is 93.0. The molecule has 0 spiro atoms. The molecule has 712 valence electrons. The van der Waals surface area contributed by atoms with Crippen LogP contribution in [-0.4, -0.2) is 146 Å². The van der Waals surface area contributed by atoms with Gasteiger partial charge in [-0.3, -0.25) is 67.5 Å². The molecule has 9 N–H and O–H groups in total. The third-order valence-electron chi connectivity index (χ3n) is 28.0. The first-order valence-electron chi connectivity index (χ1n) is 45.1. The zero-order valence-corrected chi connectivity index (χ0v) is 77.9. The van der Waals surface area contributed by atoms with Gasteiger partial charge in [-0.1, -0.05) is 29.7 Å². The number of Topliss-reactive ketones (excluding diaryl/α,β-unsaturated/α-hetero) is 4. The summed E-state index contributed by atoms with van der Waals surface area (Å²) in [6, 6.07) is 14.3. The highest BCUT2D eigenvalue weighted by atomic mass is 35.5. The summed E-state index contributed by atoms with van der Waals surface area (Å²) in [4.78, 5) is 166. The second-order valence-corrected chi connectivity index (χ2v) is 39.6. The number of hydrogen-bond acceptors (Lipinski definition) is 22. The molecular formula is C96H90ClF6N21O12S2. The lowest BCUT2D eigenvalue weighted by atomic mass is 9.74. The van der Waals surface area contributed by atoms with Crippen LogP contribution < -0.4 is 42.5 Å². The Labute approximate surface area is 795 Å². The Morgan fingerprint density at radius 2 is 0.964 bits per heavy atom. The van der Waals surface area contributed by atoms with Crippen molar-refractivity contribution in [1.29, 1.82) is 0 Å². The van der Waals surface area contributed by atoms with E-state index in [1.807, 2.05) is 16.1 Å². The Kier molecular flexibility index (Phi) is 23.5. The van der Waals surface area contributed by atoms with E-state index in [2.05, 4.69) is 94.2 Å². The van der Waals surface area contributed by atoms with Gasteiger partial charge in [-0.05, 0) is 239 Å². The predicted octanol–water partition coefficient (Wildman–Crippen LogP) is 13.8. The Hall–Kier alpha value is -14.0. The average Bonchev–Trinajstić information content (AvgIpc) is 1.54. The molecule has 33 nitrogen and oxygen atoms in total. The number of nitrogens with zero attached hydrogens (tertiary/aromatic N) is 12. The van der Waals surface area contributed by atoms with Crippen LogP contribution in [0.2, 0.25) is 5.02 Å². The van der Waals surface area contributed by atoms with Crippen LogP contribution in [0.1, 0.15) is 288 Å². The van der Waals surface area contributed by atoms with Gasteiger partial charge in [-0.25, -0.2) is 26.3 Å². The topological polar surface area (TPSA) is 440 Å². The molecule has 0 bridgehead atoms. The standard InChI is InChI=1S/C24H22ClF2N3O3.C24H23F2N7O3.C24H23FN6O3S.C24H22FN5O3S/c1-4-23(11-24(26,27)12-23)29-22(33)20(31)18-14(3)19(30-9-5-6-17(18)30)21(32)28-15-8-7-13(2)16(25)10-15;1-10-17(21(34)23(36)30-24(4-5-24)16-9-28-32-31-16)15-8-12-7-14(12)33(15)20(10)22(35)29-13-3-6-27-19(11(2)25)18(13)26;1-11-18(20(32)22(34)29-24(4-5-24)23-30-27-10-35-23)17-8-13-7-16(13)31(17)19(11)21(33)28-14-3-6-26-15(9-14)12(2)25;1-11-3-4-14(9-15(11)25)27-21(32)19-12(2)18(17-8-13-7-16(13)30(17)19)20(31)22(33)28-24(5-6-24)23-29-26-10-34-23/h1,7-8,10H,5-6,9,11-12H2,2-3H3,(H,28,32)(H,29,33);3,6,9,11-12,14H,4-5,7-8H2,1-2H3,(H,30,36)(H,27,29,35)(H,28,31,32);3,6,9-10,12-13,16H,4-5,7-8H2,1-2H3,(H,29,34)(H,26,28,33);3-4,9-10,13,16H,5-8H2,1-2H3,(H,27,32)(H,28,33)/t;11?,12-,14-;12?,13-,16-;13-,16-/m.111/s1. The number of aromatic nitrogens is 13. The molecule has 42 heteroatoms. The number of carbonyl (C=O) groups is 12. The number of benzene rings is 2. The summed E-state index contributed by atoms with van der Waals surface area (Å²) in [5.41, 5.74) is 8.98. The van der Waals surface area contributed by atoms with Crippen molar-refractivity contribution >= 4 is 127 Å². The minimum Gasteiger partial charge on any atom is -0.340 e. The van der Waals surface area contributed by atoms with E-state index in [1.165, 1.54) is 66.4 Å². The van der Waals surface area contributed by atoms with Gasteiger partial charge < -0.3 is 60.8 Å². The minimum atomic E-state index is -2.97. The van der Waals surface area contributed by atoms with Gasteiger partial charge in [0, 0.05) is 94.8 Å². The lowest BCUT2D eigenvalue weighted by Crippen LogP contribution is -2.62. The van der Waals surface area contributed by atoms with E-state index in [1.54, 1.807) is 91.2 Å². The zero-order valence-electron chi connectivity index (χ0n) is 75.5. The molecule has 138 heavy (non-hydrogen) atoms. The number of fused-ring (bicyclic) bond motifs is 10. The number of halogens is 7. The van der Waals surface area contributed by atoms with Crippen molar-refractivity contribution in [3.63, 3.8) is 0 Å². The predicted molar refractivity (Wildman–Crippen MR) is 489 cm³/mol. The van der Waals surface area contributed by atoms with Gasteiger partial charge in [-0.2, -0.15) is 15.4 Å². The van der Waals surface area contributed by atoms with E-state index < -0.39 is 141 Å². The second kappa shape index (κ2) is 34.9. The fourth-order valence-corrected chi connectivity index (χ4v) is 21.9. The van der Waals surface area contributed by atoms with Crippen LogP contribution in [-0.2, 0) is 68.0 Å². The van der Waals surface area contributed by atoms with Gasteiger partial charge in [0.15, 0.2) is 5.82 Å². The van der Waals surface area contributed by atoms with Crippen molar-refractivity contribution in [1.82, 2.24) is 85.3 Å². The summed E-state index contributed by atoms with van der Waals surface area (Å²) >= 11 is 8.84. The number of carbonyl (C=O) groups excluding carboxylic acids is 12. The number of H-pyrrole nitrogens is 1.